The maximum atomic E-state index is 12.1. The number of H-pyrrole nitrogens is 1. The quantitative estimate of drug-likeness (QED) is 0.711. The first-order valence-corrected chi connectivity index (χ1v) is 8.25. The molecule has 0 aliphatic heterocycles. The fourth-order valence-electron chi connectivity index (χ4n) is 1.38. The van der Waals surface area contributed by atoms with Gasteiger partial charge in [-0.2, -0.15) is 0 Å². The Kier molecular flexibility index (Phi) is 4.09. The maximum Gasteiger partial charge on any atom is 0.304 e. The fourth-order valence-corrected chi connectivity index (χ4v) is 3.96. The Hall–Kier alpha value is -1.16. The van der Waals surface area contributed by atoms with Crippen LogP contribution >= 0.6 is 27.3 Å². The molecule has 2 aromatic rings. The van der Waals surface area contributed by atoms with Gasteiger partial charge in [-0.15, -0.1) is 0 Å². The number of nitrogen functional groups attached to an aromatic ring is 1. The van der Waals surface area contributed by atoms with Crippen molar-refractivity contribution in [1.29, 1.82) is 0 Å². The summed E-state index contributed by atoms with van der Waals surface area (Å²) >= 11 is 4.15. The number of rotatable bonds is 4. The van der Waals surface area contributed by atoms with Crippen LogP contribution in [-0.4, -0.2) is 13.4 Å². The molecule has 1 aromatic heterocycles. The van der Waals surface area contributed by atoms with E-state index in [0.717, 1.165) is 11.3 Å². The summed E-state index contributed by atoms with van der Waals surface area (Å²) in [6.45, 7) is 0.0162. The van der Waals surface area contributed by atoms with Crippen LogP contribution in [0.15, 0.2) is 37.7 Å². The van der Waals surface area contributed by atoms with E-state index in [9.17, 15) is 13.2 Å². The Labute approximate surface area is 121 Å². The molecule has 0 atom stereocenters. The molecule has 0 aliphatic carbocycles. The zero-order valence-corrected chi connectivity index (χ0v) is 12.7. The molecule has 4 N–H and O–H groups in total. The number of sulfonamides is 1. The van der Waals surface area contributed by atoms with Crippen LogP contribution in [0.3, 0.4) is 0 Å². The average Bonchev–Trinajstić information content (AvgIpc) is 2.76. The molecule has 0 spiro atoms. The summed E-state index contributed by atoms with van der Waals surface area (Å²) in [6.07, 6.45) is 0. The minimum Gasteiger partial charge on any atom is -0.399 e. The number of nitrogens with one attached hydrogen (secondary N) is 2. The van der Waals surface area contributed by atoms with Gasteiger partial charge in [0.1, 0.15) is 0 Å². The first-order chi connectivity index (χ1) is 8.88. The highest BCUT2D eigenvalue weighted by Gasteiger charge is 2.17. The van der Waals surface area contributed by atoms with E-state index in [2.05, 4.69) is 25.6 Å². The van der Waals surface area contributed by atoms with Crippen LogP contribution < -0.4 is 15.3 Å². The van der Waals surface area contributed by atoms with E-state index in [-0.39, 0.29) is 16.3 Å². The monoisotopic (exact) mass is 363 g/mol. The predicted molar refractivity (Wildman–Crippen MR) is 77.5 cm³/mol. The van der Waals surface area contributed by atoms with Gasteiger partial charge in [0.05, 0.1) is 11.4 Å². The van der Waals surface area contributed by atoms with Gasteiger partial charge in [-0.05, 0) is 34.1 Å². The second kappa shape index (κ2) is 5.45. The Morgan fingerprint density at radius 3 is 2.79 bits per heavy atom. The van der Waals surface area contributed by atoms with Gasteiger partial charge in [-0.25, -0.2) is 13.1 Å². The number of benzene rings is 1. The summed E-state index contributed by atoms with van der Waals surface area (Å²) in [5.41, 5.74) is 6.44. The van der Waals surface area contributed by atoms with Gasteiger partial charge in [0.25, 0.3) is 0 Å². The molecule has 0 aliphatic rings. The summed E-state index contributed by atoms with van der Waals surface area (Å²) < 4.78 is 27.0. The molecule has 0 amide bonds. The van der Waals surface area contributed by atoms with Crippen molar-refractivity contribution in [3.05, 3.63) is 43.4 Å². The van der Waals surface area contributed by atoms with E-state index in [1.807, 2.05) is 0 Å². The van der Waals surface area contributed by atoms with Crippen LogP contribution in [0.2, 0.25) is 0 Å². The Balaban J connectivity index is 2.23. The Morgan fingerprint density at radius 1 is 1.42 bits per heavy atom. The van der Waals surface area contributed by atoms with Gasteiger partial charge in [0, 0.05) is 21.2 Å². The van der Waals surface area contributed by atoms with Gasteiger partial charge in [-0.3, -0.25) is 4.79 Å². The largest absolute Gasteiger partial charge is 0.399 e. The standard InChI is InChI=1S/C10H10BrN3O3S2/c11-8-2-1-6(12)3-9(8)19(16,17)13-4-7-5-18-10(15)14-7/h1-3,5,13H,4,12H2,(H,14,15). The van der Waals surface area contributed by atoms with E-state index >= 15 is 0 Å². The lowest BCUT2D eigenvalue weighted by Crippen LogP contribution is -2.24. The molecule has 1 heterocycles. The number of anilines is 1. The highest BCUT2D eigenvalue weighted by Crippen LogP contribution is 2.24. The number of aromatic nitrogens is 1. The molecule has 2 rings (SSSR count). The van der Waals surface area contributed by atoms with Crippen molar-refractivity contribution in [1.82, 2.24) is 9.71 Å². The summed E-state index contributed by atoms with van der Waals surface area (Å²) in [4.78, 5) is 13.3. The second-order valence-electron chi connectivity index (χ2n) is 3.69. The average molecular weight is 364 g/mol. The lowest BCUT2D eigenvalue weighted by atomic mass is 10.3. The topological polar surface area (TPSA) is 105 Å². The third-order valence-electron chi connectivity index (χ3n) is 2.27. The third-order valence-corrected chi connectivity index (χ3v) is 5.38. The highest BCUT2D eigenvalue weighted by atomic mass is 79.9. The van der Waals surface area contributed by atoms with Gasteiger partial charge in [0.2, 0.25) is 10.0 Å². The zero-order valence-electron chi connectivity index (χ0n) is 9.51. The number of nitrogens with two attached hydrogens (primary N) is 1. The Morgan fingerprint density at radius 2 is 2.16 bits per heavy atom. The molecule has 0 saturated heterocycles. The molecule has 0 fully saturated rings. The smallest absolute Gasteiger partial charge is 0.304 e. The third kappa shape index (κ3) is 3.44. The van der Waals surface area contributed by atoms with E-state index < -0.39 is 10.0 Å². The van der Waals surface area contributed by atoms with Crippen molar-refractivity contribution in [3.8, 4) is 0 Å². The highest BCUT2D eigenvalue weighted by molar-refractivity contribution is 9.10. The molecular weight excluding hydrogens is 354 g/mol. The van der Waals surface area contributed by atoms with Gasteiger partial charge < -0.3 is 10.7 Å². The van der Waals surface area contributed by atoms with E-state index in [1.54, 1.807) is 17.5 Å². The van der Waals surface area contributed by atoms with Crippen molar-refractivity contribution in [2.75, 3.05) is 5.73 Å². The SMILES string of the molecule is Nc1ccc(Br)c(S(=O)(=O)NCc2csc(=O)[nH]2)c1. The van der Waals surface area contributed by atoms with Crippen molar-refractivity contribution >= 4 is 43.0 Å². The molecule has 0 radical (unpaired) electrons. The molecule has 0 bridgehead atoms. The lowest BCUT2D eigenvalue weighted by Gasteiger charge is -2.08. The van der Waals surface area contributed by atoms with Crippen LogP contribution in [0.5, 0.6) is 0 Å². The van der Waals surface area contributed by atoms with Crippen molar-refractivity contribution in [3.63, 3.8) is 0 Å². The molecule has 6 nitrogen and oxygen atoms in total. The summed E-state index contributed by atoms with van der Waals surface area (Å²) in [5.74, 6) is 0. The number of aromatic amines is 1. The molecular formula is C10H10BrN3O3S2. The second-order valence-corrected chi connectivity index (χ2v) is 7.12. The number of hydrogen-bond acceptors (Lipinski definition) is 5. The summed E-state index contributed by atoms with van der Waals surface area (Å²) in [6, 6.07) is 4.53. The first kappa shape index (κ1) is 14.3. The number of halogens is 1. The number of hydrogen-bond donors (Lipinski definition) is 3. The first-order valence-electron chi connectivity index (χ1n) is 5.10. The van der Waals surface area contributed by atoms with E-state index in [0.29, 0.717) is 15.9 Å². The molecule has 19 heavy (non-hydrogen) atoms. The zero-order chi connectivity index (χ0) is 14.0. The number of thiazole rings is 1. The normalized spacial score (nSPS) is 11.6. The molecule has 0 unspecified atom stereocenters. The summed E-state index contributed by atoms with van der Waals surface area (Å²) in [7, 11) is -3.70. The minimum atomic E-state index is -3.70. The molecule has 1 aromatic carbocycles. The molecule has 102 valence electrons. The fraction of sp³-hybridized carbons (Fsp3) is 0.100. The van der Waals surface area contributed by atoms with Gasteiger partial charge >= 0.3 is 4.87 Å². The van der Waals surface area contributed by atoms with Crippen LogP contribution in [0.4, 0.5) is 5.69 Å². The van der Waals surface area contributed by atoms with Crippen molar-refractivity contribution in [2.24, 2.45) is 0 Å². The van der Waals surface area contributed by atoms with Crippen LogP contribution in [0.1, 0.15) is 5.69 Å². The maximum absolute atomic E-state index is 12.1. The lowest BCUT2D eigenvalue weighted by molar-refractivity contribution is 0.580. The van der Waals surface area contributed by atoms with E-state index in [4.69, 9.17) is 5.73 Å². The van der Waals surface area contributed by atoms with Crippen molar-refractivity contribution in [2.45, 2.75) is 11.4 Å². The van der Waals surface area contributed by atoms with Crippen LogP contribution in [0, 0.1) is 0 Å². The summed E-state index contributed by atoms with van der Waals surface area (Å²) in [5, 5.41) is 1.57. The Bertz CT molecular complexity index is 751. The minimum absolute atomic E-state index is 0.0162. The van der Waals surface area contributed by atoms with E-state index in [1.165, 1.54) is 6.07 Å². The van der Waals surface area contributed by atoms with Crippen molar-refractivity contribution < 1.29 is 8.42 Å². The molecule has 0 saturated carbocycles. The van der Waals surface area contributed by atoms with Crippen LogP contribution in [0.25, 0.3) is 0 Å². The molecule has 9 heteroatoms. The van der Waals surface area contributed by atoms with Crippen LogP contribution in [-0.2, 0) is 16.6 Å². The van der Waals surface area contributed by atoms with Gasteiger partial charge in [0.15, 0.2) is 0 Å². The predicted octanol–water partition coefficient (Wildman–Crippen LogP) is 1.26. The van der Waals surface area contributed by atoms with Gasteiger partial charge in [-0.1, -0.05) is 11.3 Å².